The van der Waals surface area contributed by atoms with Gasteiger partial charge in [-0.2, -0.15) is 0 Å². The monoisotopic (exact) mass is 840 g/mol. The predicted molar refractivity (Wildman–Crippen MR) is 212 cm³/mol. The van der Waals surface area contributed by atoms with Crippen LogP contribution in [-0.2, 0) is 27.3 Å². The molecule has 10 heteroatoms. The quantitative estimate of drug-likeness (QED) is 0.0519. The van der Waals surface area contributed by atoms with E-state index in [0.717, 1.165) is 38.5 Å². The Morgan fingerprint density at radius 2 is 0.620 bits per heavy atom. The van der Waals surface area contributed by atoms with Crippen LogP contribution in [0, 0.1) is 13.8 Å². The summed E-state index contributed by atoms with van der Waals surface area (Å²) in [5.41, 5.74) is 0. The Balaban J connectivity index is -0.000000129. The van der Waals surface area contributed by atoms with Gasteiger partial charge in [-0.15, -0.1) is 0 Å². The number of carboxylic acid groups (broad SMARTS) is 2. The second-order valence-corrected chi connectivity index (χ2v) is 14.0. The molecule has 0 atom stereocenters. The summed E-state index contributed by atoms with van der Waals surface area (Å²) in [6.45, 7) is 25.7. The van der Waals surface area contributed by atoms with Crippen LogP contribution in [0.3, 0.4) is 0 Å². The van der Waals surface area contributed by atoms with Crippen LogP contribution in [0.15, 0.2) is 0 Å². The minimum atomic E-state index is -2.80. The molecule has 0 saturated carbocycles. The van der Waals surface area contributed by atoms with Crippen LogP contribution < -0.4 is 10.2 Å². The third kappa shape index (κ3) is 66.1. The summed E-state index contributed by atoms with van der Waals surface area (Å²) < 4.78 is 21.7. The van der Waals surface area contributed by atoms with Crippen LogP contribution in [0.25, 0.3) is 0 Å². The smallest absolute Gasteiger partial charge is 0.550 e. The predicted octanol–water partition coefficient (Wildman–Crippen LogP) is 9.74. The maximum absolute atomic E-state index is 10.1. The fourth-order valence-corrected chi connectivity index (χ4v) is 6.03. The number of carboxylic acids is 2. The van der Waals surface area contributed by atoms with Crippen molar-refractivity contribution < 1.29 is 37.5 Å². The summed E-state index contributed by atoms with van der Waals surface area (Å²) in [7, 11) is -2.80. The first-order valence-electron chi connectivity index (χ1n) is 20.2. The van der Waals surface area contributed by atoms with E-state index < -0.39 is 21.0 Å². The molecule has 0 aromatic rings. The van der Waals surface area contributed by atoms with Crippen LogP contribution in [0.5, 0.6) is 0 Å². The first-order chi connectivity index (χ1) is 23.6. The normalized spacial score (nSPS) is 10.1. The van der Waals surface area contributed by atoms with E-state index in [2.05, 4.69) is 41.5 Å². The number of hydrogen-bond acceptors (Lipinski definition) is 8. The van der Waals surface area contributed by atoms with Gasteiger partial charge in [-0.1, -0.05) is 170 Å². The molecule has 0 spiro atoms. The van der Waals surface area contributed by atoms with Crippen molar-refractivity contribution in [2.75, 3.05) is 26.4 Å². The zero-order chi connectivity index (χ0) is 38.3. The molecule has 0 fully saturated rings. The molecule has 0 aromatic carbocycles. The third-order valence-corrected chi connectivity index (χ3v) is 9.53. The molecule has 0 rings (SSSR count). The van der Waals surface area contributed by atoms with E-state index >= 15 is 0 Å². The SMILES string of the molecule is CCCCCCCCCCCC(=O)[O-].CCCCCCCCCCCC(=O)[O-].CCO[Si](OCC)(OCC)OCC.[CH2]CCC.[CH2]CCC.[Sn+2]. The minimum absolute atomic E-state index is 0. The maximum atomic E-state index is 10.1. The molecule has 0 aliphatic carbocycles. The van der Waals surface area contributed by atoms with Crippen LogP contribution in [0.4, 0.5) is 0 Å². The average molecular weight is 840 g/mol. The van der Waals surface area contributed by atoms with Gasteiger partial charge in [-0.3, -0.25) is 0 Å². The van der Waals surface area contributed by atoms with Crippen molar-refractivity contribution in [2.24, 2.45) is 0 Å². The van der Waals surface area contributed by atoms with Gasteiger partial charge in [0.15, 0.2) is 0 Å². The van der Waals surface area contributed by atoms with Gasteiger partial charge < -0.3 is 37.5 Å². The summed E-state index contributed by atoms with van der Waals surface area (Å²) in [6.07, 6.45) is 26.9. The molecule has 0 amide bonds. The zero-order valence-corrected chi connectivity index (χ0v) is 38.3. The van der Waals surface area contributed by atoms with E-state index in [1.54, 1.807) is 0 Å². The van der Waals surface area contributed by atoms with Crippen molar-refractivity contribution in [3.05, 3.63) is 13.8 Å². The number of rotatable bonds is 30. The summed E-state index contributed by atoms with van der Waals surface area (Å²) in [5.74, 6) is -1.82. The van der Waals surface area contributed by atoms with Crippen LogP contribution in [0.1, 0.15) is 209 Å². The molecule has 0 bridgehead atoms. The zero-order valence-electron chi connectivity index (χ0n) is 34.5. The molecule has 0 aliphatic rings. The summed E-state index contributed by atoms with van der Waals surface area (Å²) >= 11 is 0. The molecular formula is C40H84O8SiSn. The second kappa shape index (κ2) is 58.1. The molecule has 8 nitrogen and oxygen atoms in total. The Morgan fingerprint density at radius 1 is 0.420 bits per heavy atom. The molecule has 0 aliphatic heterocycles. The van der Waals surface area contributed by atoms with Gasteiger partial charge in [0, 0.05) is 38.4 Å². The number of aliphatic carboxylic acids is 2. The van der Waals surface area contributed by atoms with Crippen molar-refractivity contribution in [1.29, 1.82) is 0 Å². The van der Waals surface area contributed by atoms with Gasteiger partial charge in [0.2, 0.25) is 0 Å². The Morgan fingerprint density at radius 3 is 0.780 bits per heavy atom. The Labute approximate surface area is 330 Å². The molecule has 0 unspecified atom stereocenters. The fraction of sp³-hybridized carbons (Fsp3) is 0.900. The summed E-state index contributed by atoms with van der Waals surface area (Å²) in [6, 6.07) is 0. The van der Waals surface area contributed by atoms with E-state index in [1.165, 1.54) is 103 Å². The topological polar surface area (TPSA) is 117 Å². The van der Waals surface area contributed by atoms with Gasteiger partial charge in [0.1, 0.15) is 0 Å². The number of carbonyl (C=O) groups is 2. The Bertz CT molecular complexity index is 530. The molecule has 0 aromatic heterocycles. The molecule has 300 valence electrons. The number of unbranched alkanes of at least 4 members (excludes halogenated alkanes) is 18. The molecular weight excluding hydrogens is 755 g/mol. The second-order valence-electron chi connectivity index (χ2n) is 11.8. The largest absolute Gasteiger partial charge is 2.00 e. The van der Waals surface area contributed by atoms with Gasteiger partial charge in [0.05, 0.1) is 0 Å². The maximum Gasteiger partial charge on any atom is 2.00 e. The standard InChI is InChI=1S/2C12H24O2.C8H20O4Si.2C4H9.Sn/c2*1-2-3-4-5-6-7-8-9-10-11-12(13)14;1-5-9-13(10-6-2,11-7-3)12-8-4;2*1-3-4-2;/h2*2-11H2,1H3,(H,13,14);5-8H2,1-4H3;2*1,3-4H2,2H3;/q;;;;;+2/p-2. The third-order valence-electron chi connectivity index (χ3n) is 6.96. The van der Waals surface area contributed by atoms with Crippen molar-refractivity contribution in [3.8, 4) is 0 Å². The Hall–Kier alpha value is -0.204. The van der Waals surface area contributed by atoms with Crippen molar-refractivity contribution in [1.82, 2.24) is 0 Å². The van der Waals surface area contributed by atoms with E-state index in [1.807, 2.05) is 27.7 Å². The number of carbonyl (C=O) groups excluding carboxylic acids is 2. The molecule has 50 heavy (non-hydrogen) atoms. The molecule has 0 heterocycles. The van der Waals surface area contributed by atoms with Gasteiger partial charge in [-0.25, -0.2) is 0 Å². The van der Waals surface area contributed by atoms with E-state index in [0.29, 0.717) is 26.4 Å². The van der Waals surface area contributed by atoms with Crippen molar-refractivity contribution in [3.63, 3.8) is 0 Å². The van der Waals surface area contributed by atoms with Gasteiger partial charge in [-0.05, 0) is 53.4 Å². The van der Waals surface area contributed by atoms with Gasteiger partial charge in [0.25, 0.3) is 0 Å². The first-order valence-corrected chi connectivity index (χ1v) is 21.8. The summed E-state index contributed by atoms with van der Waals surface area (Å²) in [5, 5.41) is 20.2. The molecule has 0 N–H and O–H groups in total. The molecule has 4 radical (unpaired) electrons. The van der Waals surface area contributed by atoms with E-state index in [9.17, 15) is 19.8 Å². The van der Waals surface area contributed by atoms with Crippen LogP contribution in [0.2, 0.25) is 0 Å². The minimum Gasteiger partial charge on any atom is -0.550 e. The van der Waals surface area contributed by atoms with Crippen LogP contribution in [-0.4, -0.2) is 71.3 Å². The summed E-state index contributed by atoms with van der Waals surface area (Å²) in [4.78, 5) is 20.2. The average Bonchev–Trinajstić information content (AvgIpc) is 3.08. The Kier molecular flexibility index (Phi) is 71.8. The van der Waals surface area contributed by atoms with Crippen molar-refractivity contribution >= 4 is 44.9 Å². The van der Waals surface area contributed by atoms with E-state index in [4.69, 9.17) is 17.7 Å². The van der Waals surface area contributed by atoms with Crippen LogP contribution >= 0.6 is 0 Å². The van der Waals surface area contributed by atoms with Gasteiger partial charge >= 0.3 is 33.0 Å². The number of hydrogen-bond donors (Lipinski definition) is 0. The molecule has 0 saturated heterocycles. The van der Waals surface area contributed by atoms with Crippen molar-refractivity contribution in [2.45, 2.75) is 209 Å². The van der Waals surface area contributed by atoms with E-state index in [-0.39, 0.29) is 36.7 Å². The first kappa shape index (κ1) is 61.8. The fourth-order valence-electron chi connectivity index (χ4n) is 4.12.